The van der Waals surface area contributed by atoms with Crippen molar-refractivity contribution in [1.29, 1.82) is 0 Å². The number of hydrogen-bond acceptors (Lipinski definition) is 6. The molecule has 0 fully saturated rings. The average Bonchev–Trinajstić information content (AvgIpc) is 2.71. The van der Waals surface area contributed by atoms with E-state index in [1.54, 1.807) is 20.3 Å². The number of ether oxygens (including phenoxy) is 2. The third-order valence-corrected chi connectivity index (χ3v) is 4.90. The van der Waals surface area contributed by atoms with Crippen molar-refractivity contribution >= 4 is 11.7 Å². The summed E-state index contributed by atoms with van der Waals surface area (Å²) in [6.45, 7) is 5.95. The van der Waals surface area contributed by atoms with Crippen molar-refractivity contribution < 1.29 is 14.3 Å². The molecule has 150 valence electrons. The number of anilines is 1. The van der Waals surface area contributed by atoms with Gasteiger partial charge in [-0.05, 0) is 43.0 Å². The van der Waals surface area contributed by atoms with Gasteiger partial charge in [0.2, 0.25) is 0 Å². The number of rotatable bonds is 7. The Labute approximate surface area is 166 Å². The van der Waals surface area contributed by atoms with Crippen LogP contribution in [0.15, 0.2) is 18.2 Å². The molecular formula is C21H28N4O3. The van der Waals surface area contributed by atoms with Crippen molar-refractivity contribution in [3.8, 4) is 11.5 Å². The standard InChI is InChI=1S/C21H28N4O3/c1-5-6-8-22-20-12-17(23-14(2)24-20)21(26)25-9-7-15-10-18(27-3)19(28-4)11-16(15)13-25/h10-12H,5-9,13H2,1-4H3,(H,22,23,24). The van der Waals surface area contributed by atoms with Gasteiger partial charge in [0.05, 0.1) is 14.2 Å². The van der Waals surface area contributed by atoms with Gasteiger partial charge >= 0.3 is 0 Å². The summed E-state index contributed by atoms with van der Waals surface area (Å²) in [6, 6.07) is 5.70. The summed E-state index contributed by atoms with van der Waals surface area (Å²) in [6.07, 6.45) is 2.93. The van der Waals surface area contributed by atoms with Gasteiger partial charge in [-0.25, -0.2) is 9.97 Å². The van der Waals surface area contributed by atoms with Crippen LogP contribution < -0.4 is 14.8 Å². The molecule has 0 spiro atoms. The molecular weight excluding hydrogens is 356 g/mol. The van der Waals surface area contributed by atoms with Crippen molar-refractivity contribution in [1.82, 2.24) is 14.9 Å². The Hall–Kier alpha value is -2.83. The number of hydrogen-bond donors (Lipinski definition) is 1. The highest BCUT2D eigenvalue weighted by Crippen LogP contribution is 2.33. The molecule has 1 aliphatic heterocycles. The maximum Gasteiger partial charge on any atom is 0.272 e. The highest BCUT2D eigenvalue weighted by atomic mass is 16.5. The first-order valence-corrected chi connectivity index (χ1v) is 9.68. The minimum atomic E-state index is -0.0792. The first-order chi connectivity index (χ1) is 13.5. The molecule has 0 bridgehead atoms. The molecule has 0 aliphatic carbocycles. The van der Waals surface area contributed by atoms with E-state index in [1.165, 1.54) is 5.56 Å². The Balaban J connectivity index is 1.79. The third kappa shape index (κ3) is 4.35. The largest absolute Gasteiger partial charge is 0.493 e. The Morgan fingerprint density at radius 2 is 1.86 bits per heavy atom. The first-order valence-electron chi connectivity index (χ1n) is 9.68. The SMILES string of the molecule is CCCCNc1cc(C(=O)N2CCc3cc(OC)c(OC)cc3C2)nc(C)n1. The lowest BCUT2D eigenvalue weighted by molar-refractivity contribution is 0.0728. The Kier molecular flexibility index (Phi) is 6.34. The van der Waals surface area contributed by atoms with E-state index in [4.69, 9.17) is 9.47 Å². The number of methoxy groups -OCH3 is 2. The molecule has 28 heavy (non-hydrogen) atoms. The van der Waals surface area contributed by atoms with Crippen LogP contribution in [-0.2, 0) is 13.0 Å². The number of aryl methyl sites for hydroxylation is 1. The molecule has 2 heterocycles. The van der Waals surface area contributed by atoms with Crippen LogP contribution >= 0.6 is 0 Å². The van der Waals surface area contributed by atoms with E-state index in [0.29, 0.717) is 36.2 Å². The molecule has 3 rings (SSSR count). The second-order valence-corrected chi connectivity index (χ2v) is 6.92. The molecule has 1 N–H and O–H groups in total. The number of amides is 1. The van der Waals surface area contributed by atoms with Crippen molar-refractivity contribution in [3.63, 3.8) is 0 Å². The average molecular weight is 384 g/mol. The lowest BCUT2D eigenvalue weighted by Gasteiger charge is -2.29. The minimum Gasteiger partial charge on any atom is -0.493 e. The normalized spacial score (nSPS) is 13.1. The number of aromatic nitrogens is 2. The van der Waals surface area contributed by atoms with E-state index >= 15 is 0 Å². The molecule has 1 amide bonds. The first kappa shape index (κ1) is 19.9. The van der Waals surface area contributed by atoms with Crippen LogP contribution in [0.4, 0.5) is 5.82 Å². The third-order valence-electron chi connectivity index (χ3n) is 4.90. The summed E-state index contributed by atoms with van der Waals surface area (Å²) in [5.74, 6) is 2.61. The minimum absolute atomic E-state index is 0.0792. The zero-order valence-corrected chi connectivity index (χ0v) is 17.0. The van der Waals surface area contributed by atoms with Gasteiger partial charge in [0.15, 0.2) is 11.5 Å². The van der Waals surface area contributed by atoms with E-state index in [-0.39, 0.29) is 5.91 Å². The van der Waals surface area contributed by atoms with Gasteiger partial charge in [-0.2, -0.15) is 0 Å². The van der Waals surface area contributed by atoms with Crippen LogP contribution in [0, 0.1) is 6.92 Å². The predicted octanol–water partition coefficient (Wildman–Crippen LogP) is 3.21. The Bertz CT molecular complexity index is 854. The summed E-state index contributed by atoms with van der Waals surface area (Å²) >= 11 is 0. The molecule has 0 unspecified atom stereocenters. The Morgan fingerprint density at radius 1 is 1.14 bits per heavy atom. The van der Waals surface area contributed by atoms with Crippen molar-refractivity contribution in [2.75, 3.05) is 32.6 Å². The van der Waals surface area contributed by atoms with E-state index < -0.39 is 0 Å². The number of unbranched alkanes of at least 4 members (excludes halogenated alkanes) is 1. The summed E-state index contributed by atoms with van der Waals surface area (Å²) in [5.41, 5.74) is 2.68. The molecule has 1 aliphatic rings. The highest BCUT2D eigenvalue weighted by molar-refractivity contribution is 5.93. The monoisotopic (exact) mass is 384 g/mol. The van der Waals surface area contributed by atoms with E-state index in [9.17, 15) is 4.79 Å². The topological polar surface area (TPSA) is 76.6 Å². The van der Waals surface area contributed by atoms with Gasteiger partial charge in [-0.3, -0.25) is 4.79 Å². The van der Waals surface area contributed by atoms with Crippen LogP contribution in [0.25, 0.3) is 0 Å². The number of carbonyl (C=O) groups excluding carboxylic acids is 1. The van der Waals surface area contributed by atoms with Gasteiger partial charge in [0, 0.05) is 25.7 Å². The Morgan fingerprint density at radius 3 is 2.54 bits per heavy atom. The van der Waals surface area contributed by atoms with E-state index in [0.717, 1.165) is 37.1 Å². The second-order valence-electron chi connectivity index (χ2n) is 6.92. The summed E-state index contributed by atoms with van der Waals surface area (Å²) in [4.78, 5) is 23.7. The lowest BCUT2D eigenvalue weighted by Crippen LogP contribution is -2.36. The molecule has 2 aromatic rings. The van der Waals surface area contributed by atoms with Crippen molar-refractivity contribution in [3.05, 3.63) is 40.8 Å². The summed E-state index contributed by atoms with van der Waals surface area (Å²) in [5, 5.41) is 3.28. The number of carbonyl (C=O) groups is 1. The fraction of sp³-hybridized carbons (Fsp3) is 0.476. The molecule has 0 saturated carbocycles. The van der Waals surface area contributed by atoms with Gasteiger partial charge in [-0.15, -0.1) is 0 Å². The van der Waals surface area contributed by atoms with E-state index in [1.807, 2.05) is 24.0 Å². The second kappa shape index (κ2) is 8.91. The van der Waals surface area contributed by atoms with Crippen LogP contribution in [0.5, 0.6) is 11.5 Å². The van der Waals surface area contributed by atoms with Crippen LogP contribution in [-0.4, -0.2) is 48.1 Å². The lowest BCUT2D eigenvalue weighted by atomic mass is 9.98. The molecule has 1 aromatic heterocycles. The van der Waals surface area contributed by atoms with Crippen molar-refractivity contribution in [2.24, 2.45) is 0 Å². The predicted molar refractivity (Wildman–Crippen MR) is 108 cm³/mol. The molecule has 0 saturated heterocycles. The molecule has 7 nitrogen and oxygen atoms in total. The smallest absolute Gasteiger partial charge is 0.272 e. The van der Waals surface area contributed by atoms with Crippen LogP contribution in [0.2, 0.25) is 0 Å². The number of benzene rings is 1. The van der Waals surface area contributed by atoms with Crippen LogP contribution in [0.1, 0.15) is 47.2 Å². The zero-order valence-electron chi connectivity index (χ0n) is 17.0. The fourth-order valence-electron chi connectivity index (χ4n) is 3.38. The molecule has 7 heteroatoms. The summed E-state index contributed by atoms with van der Waals surface area (Å²) in [7, 11) is 3.25. The van der Waals surface area contributed by atoms with E-state index in [2.05, 4.69) is 22.2 Å². The maximum atomic E-state index is 13.1. The quantitative estimate of drug-likeness (QED) is 0.739. The number of fused-ring (bicyclic) bond motifs is 1. The number of nitrogens with one attached hydrogen (secondary N) is 1. The molecule has 1 aromatic carbocycles. The zero-order chi connectivity index (χ0) is 20.1. The van der Waals surface area contributed by atoms with Gasteiger partial charge in [-0.1, -0.05) is 13.3 Å². The number of nitrogens with zero attached hydrogens (tertiary/aromatic N) is 3. The van der Waals surface area contributed by atoms with Gasteiger partial charge in [0.1, 0.15) is 17.3 Å². The van der Waals surface area contributed by atoms with Crippen molar-refractivity contribution in [2.45, 2.75) is 39.7 Å². The van der Waals surface area contributed by atoms with Gasteiger partial charge in [0.25, 0.3) is 5.91 Å². The fourth-order valence-corrected chi connectivity index (χ4v) is 3.38. The molecule has 0 atom stereocenters. The summed E-state index contributed by atoms with van der Waals surface area (Å²) < 4.78 is 10.8. The molecule has 0 radical (unpaired) electrons. The highest BCUT2D eigenvalue weighted by Gasteiger charge is 2.25. The maximum absolute atomic E-state index is 13.1. The van der Waals surface area contributed by atoms with Gasteiger partial charge < -0.3 is 19.7 Å². The van der Waals surface area contributed by atoms with Crippen LogP contribution in [0.3, 0.4) is 0 Å².